The number of benzene rings is 1. The number of nitrogens with two attached hydrogens (primary N) is 1. The number of rotatable bonds is 4. The molecule has 1 fully saturated rings. The van der Waals surface area contributed by atoms with Crippen LogP contribution in [0.4, 0.5) is 0 Å². The lowest BCUT2D eigenvalue weighted by Crippen LogP contribution is -2.22. The van der Waals surface area contributed by atoms with Crippen molar-refractivity contribution in [3.63, 3.8) is 0 Å². The van der Waals surface area contributed by atoms with Crippen molar-refractivity contribution < 1.29 is 9.47 Å². The zero-order valence-electron chi connectivity index (χ0n) is 19.1. The highest BCUT2D eigenvalue weighted by Gasteiger charge is 2.39. The Bertz CT molecular complexity index is 1460. The third-order valence-electron chi connectivity index (χ3n) is 6.61. The van der Waals surface area contributed by atoms with Gasteiger partial charge in [-0.05, 0) is 36.2 Å². The van der Waals surface area contributed by atoms with Gasteiger partial charge in [-0.1, -0.05) is 12.1 Å². The lowest BCUT2D eigenvalue weighted by atomic mass is 9.82. The number of nitriles is 1. The average Bonchev–Trinajstić information content (AvgIpc) is 3.65. The van der Waals surface area contributed by atoms with Crippen LogP contribution in [0.5, 0.6) is 5.88 Å². The molecule has 2 aliphatic heterocycles. The topological polar surface area (TPSA) is 117 Å². The predicted octanol–water partition coefficient (Wildman–Crippen LogP) is 3.39. The average molecular weight is 466 g/mol. The van der Waals surface area contributed by atoms with Gasteiger partial charge in [0.25, 0.3) is 0 Å². The van der Waals surface area contributed by atoms with Gasteiger partial charge in [-0.3, -0.25) is 9.55 Å². The lowest BCUT2D eigenvalue weighted by molar-refractivity contribution is 0.193. The quantitative estimate of drug-likeness (QED) is 0.491. The number of fused-ring (bicyclic) bond motifs is 1. The fourth-order valence-electron chi connectivity index (χ4n) is 4.94. The summed E-state index contributed by atoms with van der Waals surface area (Å²) in [6, 6.07) is 14.2. The largest absolute Gasteiger partial charge is 0.422 e. The Balaban J connectivity index is 1.43. The number of pyridine rings is 1. The van der Waals surface area contributed by atoms with Gasteiger partial charge in [0.2, 0.25) is 11.8 Å². The number of aryl methyl sites for hydroxylation is 1. The van der Waals surface area contributed by atoms with E-state index in [1.165, 1.54) is 0 Å². The molecule has 4 aromatic rings. The molecule has 0 saturated carbocycles. The maximum Gasteiger partial charge on any atom is 0.224 e. The summed E-state index contributed by atoms with van der Waals surface area (Å²) in [5.74, 6) is 1.27. The van der Waals surface area contributed by atoms with E-state index < -0.39 is 0 Å². The van der Waals surface area contributed by atoms with Crippen molar-refractivity contribution in [2.24, 2.45) is 12.8 Å². The summed E-state index contributed by atoms with van der Waals surface area (Å²) in [4.78, 5) is 8.73. The molecule has 6 rings (SSSR count). The number of aromatic nitrogens is 5. The number of ether oxygens (including phenoxy) is 2. The van der Waals surface area contributed by atoms with Crippen molar-refractivity contribution in [3.05, 3.63) is 89.5 Å². The number of nitrogens with zero attached hydrogens (tertiary/aromatic N) is 6. The molecule has 2 unspecified atom stereocenters. The van der Waals surface area contributed by atoms with Gasteiger partial charge in [-0.2, -0.15) is 10.4 Å². The minimum atomic E-state index is -0.373. The van der Waals surface area contributed by atoms with E-state index in [4.69, 9.17) is 20.3 Å². The fraction of sp³-hybridized carbons (Fsp3) is 0.231. The summed E-state index contributed by atoms with van der Waals surface area (Å²) in [5.41, 5.74) is 11.2. The highest BCUT2D eigenvalue weighted by Crippen LogP contribution is 2.46. The van der Waals surface area contributed by atoms with Crippen LogP contribution < -0.4 is 10.5 Å². The number of imidazole rings is 1. The first-order valence-electron chi connectivity index (χ1n) is 11.4. The molecule has 1 saturated heterocycles. The SMILES string of the molecule is Cn1nc(C2CCOC2)c2c1OC(N)=C(C#N)C2c1ccc(-n2ccnc2-c2cccnc2)cc1. The van der Waals surface area contributed by atoms with E-state index in [-0.39, 0.29) is 17.7 Å². The molecule has 1 aromatic carbocycles. The maximum atomic E-state index is 10.0. The number of allylic oxidation sites excluding steroid dienone is 1. The molecule has 9 nitrogen and oxygen atoms in total. The second-order valence-electron chi connectivity index (χ2n) is 8.67. The van der Waals surface area contributed by atoms with Crippen molar-refractivity contribution in [2.75, 3.05) is 13.2 Å². The van der Waals surface area contributed by atoms with Crippen molar-refractivity contribution in [1.82, 2.24) is 24.3 Å². The van der Waals surface area contributed by atoms with Gasteiger partial charge >= 0.3 is 0 Å². The second-order valence-corrected chi connectivity index (χ2v) is 8.67. The van der Waals surface area contributed by atoms with Gasteiger partial charge in [0, 0.05) is 55.6 Å². The van der Waals surface area contributed by atoms with Gasteiger partial charge in [0.05, 0.1) is 23.8 Å². The van der Waals surface area contributed by atoms with E-state index in [1.54, 1.807) is 23.3 Å². The summed E-state index contributed by atoms with van der Waals surface area (Å²) in [6.07, 6.45) is 8.10. The van der Waals surface area contributed by atoms with Gasteiger partial charge < -0.3 is 15.2 Å². The van der Waals surface area contributed by atoms with Gasteiger partial charge in [-0.25, -0.2) is 9.67 Å². The van der Waals surface area contributed by atoms with Crippen LogP contribution in [0, 0.1) is 11.3 Å². The molecule has 0 amide bonds. The van der Waals surface area contributed by atoms with Crippen LogP contribution in [0.2, 0.25) is 0 Å². The zero-order chi connectivity index (χ0) is 23.9. The molecular weight excluding hydrogens is 442 g/mol. The van der Waals surface area contributed by atoms with E-state index in [9.17, 15) is 5.26 Å². The molecule has 35 heavy (non-hydrogen) atoms. The Hall–Kier alpha value is -4.42. The van der Waals surface area contributed by atoms with E-state index in [1.807, 2.05) is 54.2 Å². The molecule has 0 spiro atoms. The third-order valence-corrected chi connectivity index (χ3v) is 6.61. The van der Waals surface area contributed by atoms with Gasteiger partial charge in [-0.15, -0.1) is 0 Å². The Morgan fingerprint density at radius 3 is 2.74 bits per heavy atom. The molecular formula is C26H23N7O2. The smallest absolute Gasteiger partial charge is 0.224 e. The predicted molar refractivity (Wildman–Crippen MR) is 127 cm³/mol. The minimum Gasteiger partial charge on any atom is -0.422 e. The van der Waals surface area contributed by atoms with E-state index in [0.29, 0.717) is 24.7 Å². The van der Waals surface area contributed by atoms with Crippen LogP contribution in [0.1, 0.15) is 35.1 Å². The van der Waals surface area contributed by atoms with Crippen molar-refractivity contribution >= 4 is 0 Å². The van der Waals surface area contributed by atoms with Crippen LogP contribution >= 0.6 is 0 Å². The summed E-state index contributed by atoms with van der Waals surface area (Å²) in [6.45, 7) is 1.30. The van der Waals surface area contributed by atoms with Gasteiger partial charge in [0.1, 0.15) is 17.5 Å². The molecule has 5 heterocycles. The Morgan fingerprint density at radius 1 is 1.17 bits per heavy atom. The molecule has 174 valence electrons. The first-order valence-corrected chi connectivity index (χ1v) is 11.4. The summed E-state index contributed by atoms with van der Waals surface area (Å²) < 4.78 is 15.2. The fourth-order valence-corrected chi connectivity index (χ4v) is 4.94. The number of hydrogen-bond acceptors (Lipinski definition) is 7. The van der Waals surface area contributed by atoms with Crippen LogP contribution in [0.15, 0.2) is 72.6 Å². The number of hydrogen-bond donors (Lipinski definition) is 1. The van der Waals surface area contributed by atoms with E-state index in [0.717, 1.165) is 40.3 Å². The highest BCUT2D eigenvalue weighted by atomic mass is 16.5. The maximum absolute atomic E-state index is 10.0. The Morgan fingerprint density at radius 2 is 2.03 bits per heavy atom. The monoisotopic (exact) mass is 465 g/mol. The molecule has 0 bridgehead atoms. The molecule has 3 aromatic heterocycles. The van der Waals surface area contributed by atoms with Crippen LogP contribution in [-0.2, 0) is 11.8 Å². The Kier molecular flexibility index (Phi) is 5.08. The molecule has 9 heteroatoms. The summed E-state index contributed by atoms with van der Waals surface area (Å²) in [7, 11) is 1.84. The first kappa shape index (κ1) is 21.1. The standard InChI is InChI=1S/C26H23N7O2/c1-32-26-22(23(31-32)18-8-12-34-15-18)21(20(13-27)24(28)35-26)16-4-6-19(7-5-16)33-11-10-30-25(33)17-3-2-9-29-14-17/h2-7,9-11,14,18,21H,8,12,15,28H2,1H3. The van der Waals surface area contributed by atoms with Crippen molar-refractivity contribution in [3.8, 4) is 29.0 Å². The molecule has 0 radical (unpaired) electrons. The second kappa shape index (κ2) is 8.42. The molecule has 2 aliphatic rings. The molecule has 0 aliphatic carbocycles. The van der Waals surface area contributed by atoms with Crippen LogP contribution in [-0.4, -0.2) is 37.5 Å². The highest BCUT2D eigenvalue weighted by molar-refractivity contribution is 5.59. The van der Waals surface area contributed by atoms with Crippen molar-refractivity contribution in [1.29, 1.82) is 5.26 Å². The van der Waals surface area contributed by atoms with Crippen LogP contribution in [0.3, 0.4) is 0 Å². The Labute approximate surface area is 202 Å². The summed E-state index contributed by atoms with van der Waals surface area (Å²) in [5, 5.41) is 14.8. The van der Waals surface area contributed by atoms with Crippen molar-refractivity contribution in [2.45, 2.75) is 18.3 Å². The first-order chi connectivity index (χ1) is 17.2. The van der Waals surface area contributed by atoms with Gasteiger partial charge in [0.15, 0.2) is 0 Å². The van der Waals surface area contributed by atoms with E-state index >= 15 is 0 Å². The van der Waals surface area contributed by atoms with E-state index in [2.05, 4.69) is 16.0 Å². The lowest BCUT2D eigenvalue weighted by Gasteiger charge is -2.25. The van der Waals surface area contributed by atoms with Crippen LogP contribution in [0.25, 0.3) is 17.1 Å². The minimum absolute atomic E-state index is 0.111. The zero-order valence-corrected chi connectivity index (χ0v) is 19.1. The third kappa shape index (κ3) is 3.47. The molecule has 2 atom stereocenters. The molecule has 2 N–H and O–H groups in total. The summed E-state index contributed by atoms with van der Waals surface area (Å²) >= 11 is 0. The normalized spacial score (nSPS) is 19.3.